The van der Waals surface area contributed by atoms with Crippen molar-refractivity contribution in [2.45, 2.75) is 59.4 Å². The van der Waals surface area contributed by atoms with Crippen LogP contribution in [-0.4, -0.2) is 62.6 Å². The lowest BCUT2D eigenvalue weighted by atomic mass is 9.70. The molecule has 40 heavy (non-hydrogen) atoms. The van der Waals surface area contributed by atoms with Crippen LogP contribution in [0.3, 0.4) is 0 Å². The fraction of sp³-hybridized carbons (Fsp3) is 0.500. The van der Waals surface area contributed by atoms with Crippen LogP contribution in [0.1, 0.15) is 53.4 Å². The molecule has 0 aromatic heterocycles. The third-order valence-electron chi connectivity index (χ3n) is 8.84. The second kappa shape index (κ2) is 12.8. The van der Waals surface area contributed by atoms with Crippen molar-refractivity contribution < 1.29 is 19.1 Å². The number of carbonyl (C=O) groups excluding carboxylic acids is 3. The molecule has 0 aromatic rings. The van der Waals surface area contributed by atoms with Crippen LogP contribution in [-0.2, 0) is 19.1 Å². The highest BCUT2D eigenvalue weighted by molar-refractivity contribution is 6.07. The molecule has 8 heteroatoms. The van der Waals surface area contributed by atoms with Crippen molar-refractivity contribution >= 4 is 24.4 Å². The molecule has 4 rings (SSSR count). The standard InChI is InChI=1S/C32H42N4O4/c1-7-23-25(19(2)17-40-32(23)39)15-29-31-26(16-36(29)18-38)30-21(4)24(11-12-27(30)34-6)20(3)28(35-31)14-22(33-5)10-8-9-13-37/h8,10,13-15,18,23,26-27,30,33-34H,7,9,11-12,16-17H2,1-6H3/b10-8-,22-14-,28-20-,29-15-,35-31+/t23-,26?,27+,30?/m1/s1. The fourth-order valence-electron chi connectivity index (χ4n) is 6.64. The smallest absolute Gasteiger partial charge is 0.313 e. The lowest BCUT2D eigenvalue weighted by molar-refractivity contribution is -0.147. The van der Waals surface area contributed by atoms with Gasteiger partial charge in [-0.15, -0.1) is 0 Å². The van der Waals surface area contributed by atoms with Crippen molar-refractivity contribution in [1.29, 1.82) is 0 Å². The molecule has 214 valence electrons. The quantitative estimate of drug-likeness (QED) is 0.256. The van der Waals surface area contributed by atoms with Gasteiger partial charge in [-0.3, -0.25) is 14.6 Å². The lowest BCUT2D eigenvalue weighted by Crippen LogP contribution is -2.44. The van der Waals surface area contributed by atoms with Gasteiger partial charge in [-0.2, -0.15) is 0 Å². The summed E-state index contributed by atoms with van der Waals surface area (Å²) in [6.07, 6.45) is 12.4. The first-order chi connectivity index (χ1) is 19.3. The summed E-state index contributed by atoms with van der Waals surface area (Å²) in [6.45, 7) is 9.10. The van der Waals surface area contributed by atoms with Crippen molar-refractivity contribution in [3.8, 4) is 0 Å². The van der Waals surface area contributed by atoms with Gasteiger partial charge in [0.25, 0.3) is 0 Å². The van der Waals surface area contributed by atoms with E-state index in [0.717, 1.165) is 65.1 Å². The van der Waals surface area contributed by atoms with E-state index in [1.54, 1.807) is 4.90 Å². The number of amides is 1. The van der Waals surface area contributed by atoms with Crippen LogP contribution >= 0.6 is 0 Å². The number of allylic oxidation sites excluding steroid dienone is 7. The van der Waals surface area contributed by atoms with E-state index in [4.69, 9.17) is 9.73 Å². The Morgan fingerprint density at radius 2 is 1.98 bits per heavy atom. The van der Waals surface area contributed by atoms with Crippen molar-refractivity contribution in [2.75, 3.05) is 27.2 Å². The van der Waals surface area contributed by atoms with Gasteiger partial charge in [-0.25, -0.2) is 0 Å². The molecule has 2 bridgehead atoms. The number of cyclic esters (lactones) is 1. The van der Waals surface area contributed by atoms with Crippen LogP contribution < -0.4 is 10.6 Å². The molecule has 0 radical (unpaired) electrons. The molecule has 0 saturated carbocycles. The molecule has 0 spiro atoms. The molecule has 4 aliphatic rings. The number of rotatable bonds is 9. The maximum absolute atomic E-state index is 12.6. The first kappa shape index (κ1) is 29.5. The average Bonchev–Trinajstić information content (AvgIpc) is 3.29. The predicted octanol–water partition coefficient (Wildman–Crippen LogP) is 4.15. The van der Waals surface area contributed by atoms with Crippen molar-refractivity contribution in [2.24, 2.45) is 22.7 Å². The third-order valence-corrected chi connectivity index (χ3v) is 8.84. The molecule has 8 nitrogen and oxygen atoms in total. The van der Waals surface area contributed by atoms with Crippen molar-refractivity contribution in [3.63, 3.8) is 0 Å². The summed E-state index contributed by atoms with van der Waals surface area (Å²) in [6, 6.07) is 0.268. The minimum absolute atomic E-state index is 0.000802. The van der Waals surface area contributed by atoms with Crippen molar-refractivity contribution in [1.82, 2.24) is 15.5 Å². The number of likely N-dealkylation sites (tertiary alicyclic amines) is 1. The summed E-state index contributed by atoms with van der Waals surface area (Å²) in [5, 5.41) is 6.76. The Hall–Kier alpha value is -3.52. The largest absolute Gasteiger partial charge is 0.461 e. The number of hydrogen-bond acceptors (Lipinski definition) is 7. The van der Waals surface area contributed by atoms with Gasteiger partial charge in [0.2, 0.25) is 6.41 Å². The minimum atomic E-state index is -0.369. The van der Waals surface area contributed by atoms with E-state index < -0.39 is 0 Å². The minimum Gasteiger partial charge on any atom is -0.461 e. The zero-order valence-corrected chi connectivity index (χ0v) is 24.5. The molecule has 3 heterocycles. The Morgan fingerprint density at radius 3 is 2.62 bits per heavy atom. The van der Waals surface area contributed by atoms with Gasteiger partial charge in [-0.05, 0) is 87.6 Å². The first-order valence-corrected chi connectivity index (χ1v) is 14.3. The summed E-state index contributed by atoms with van der Waals surface area (Å²) in [5.74, 6) is -0.406. The van der Waals surface area contributed by atoms with Crippen LogP contribution in [0.4, 0.5) is 0 Å². The zero-order valence-electron chi connectivity index (χ0n) is 24.5. The molecule has 2 N–H and O–H groups in total. The second-order valence-electron chi connectivity index (χ2n) is 11.0. The maximum atomic E-state index is 12.6. The summed E-state index contributed by atoms with van der Waals surface area (Å²) >= 11 is 0. The van der Waals surface area contributed by atoms with Crippen molar-refractivity contribution in [3.05, 3.63) is 69.3 Å². The number of nitrogens with one attached hydrogen (secondary N) is 2. The fourth-order valence-corrected chi connectivity index (χ4v) is 6.64. The highest BCUT2D eigenvalue weighted by Gasteiger charge is 2.45. The van der Waals surface area contributed by atoms with Crippen LogP contribution in [0.15, 0.2) is 74.3 Å². The summed E-state index contributed by atoms with van der Waals surface area (Å²) in [7, 11) is 3.86. The number of hydrogen-bond donors (Lipinski definition) is 2. The summed E-state index contributed by atoms with van der Waals surface area (Å²) in [5.41, 5.74) is 8.97. The Labute approximate surface area is 237 Å². The number of likely N-dealkylation sites (N-methyl/N-ethyl adjacent to an activating group) is 1. The van der Waals surface area contributed by atoms with Crippen LogP contribution in [0.2, 0.25) is 0 Å². The highest BCUT2D eigenvalue weighted by atomic mass is 16.5. The van der Waals surface area contributed by atoms with E-state index in [-0.39, 0.29) is 36.4 Å². The van der Waals surface area contributed by atoms with Gasteiger partial charge >= 0.3 is 5.97 Å². The highest BCUT2D eigenvalue weighted by Crippen LogP contribution is 2.45. The predicted molar refractivity (Wildman–Crippen MR) is 157 cm³/mol. The van der Waals surface area contributed by atoms with E-state index >= 15 is 0 Å². The van der Waals surface area contributed by atoms with Gasteiger partial charge in [0.05, 0.1) is 23.0 Å². The second-order valence-corrected chi connectivity index (χ2v) is 11.0. The van der Waals surface area contributed by atoms with Gasteiger partial charge < -0.3 is 25.1 Å². The number of esters is 1. The number of nitrogens with zero attached hydrogens (tertiary/aromatic N) is 2. The number of fused-ring (bicyclic) bond motifs is 3. The molecule has 0 aromatic carbocycles. The molecular formula is C32H42N4O4. The maximum Gasteiger partial charge on any atom is 0.313 e. The molecular weight excluding hydrogens is 504 g/mol. The molecule has 1 amide bonds. The summed E-state index contributed by atoms with van der Waals surface area (Å²) < 4.78 is 5.40. The Balaban J connectivity index is 1.97. The number of carbonyl (C=O) groups is 3. The summed E-state index contributed by atoms with van der Waals surface area (Å²) in [4.78, 5) is 43.1. The Morgan fingerprint density at radius 1 is 1.20 bits per heavy atom. The SMILES string of the molecule is CC[C@H]1C(=O)OCC(C)=C1/C=C1/C2=N/C(/C=C(/C=C\CC=O)NC)=C(/C)C3=C(C)C(C2CN1C=O)[C@@H](NC)CC3. The van der Waals surface area contributed by atoms with E-state index in [1.165, 1.54) is 11.1 Å². The zero-order chi connectivity index (χ0) is 29.0. The average molecular weight is 547 g/mol. The van der Waals surface area contributed by atoms with E-state index in [1.807, 2.05) is 52.2 Å². The topological polar surface area (TPSA) is 100 Å². The number of aliphatic imine (C=N–C) groups is 1. The van der Waals surface area contributed by atoms with E-state index in [0.29, 0.717) is 19.4 Å². The van der Waals surface area contributed by atoms with Gasteiger partial charge in [0.15, 0.2) is 0 Å². The Kier molecular flexibility index (Phi) is 9.40. The molecule has 2 unspecified atom stereocenters. The normalized spacial score (nSPS) is 31.6. The van der Waals surface area contributed by atoms with Crippen LogP contribution in [0.5, 0.6) is 0 Å². The van der Waals surface area contributed by atoms with Crippen LogP contribution in [0, 0.1) is 17.8 Å². The van der Waals surface area contributed by atoms with E-state index in [2.05, 4.69) is 24.5 Å². The molecule has 1 saturated heterocycles. The van der Waals surface area contributed by atoms with Gasteiger partial charge in [-0.1, -0.05) is 18.6 Å². The lowest BCUT2D eigenvalue weighted by Gasteiger charge is -2.39. The van der Waals surface area contributed by atoms with Crippen LogP contribution in [0.25, 0.3) is 0 Å². The first-order valence-electron chi connectivity index (χ1n) is 14.3. The number of aldehydes is 1. The van der Waals surface area contributed by atoms with E-state index in [9.17, 15) is 14.4 Å². The number of ether oxygens (including phenoxy) is 1. The molecule has 3 aliphatic heterocycles. The van der Waals surface area contributed by atoms with Gasteiger partial charge in [0, 0.05) is 43.6 Å². The monoisotopic (exact) mass is 546 g/mol. The molecule has 1 aliphatic carbocycles. The van der Waals surface area contributed by atoms with Gasteiger partial charge in [0.1, 0.15) is 12.9 Å². The molecule has 1 fully saturated rings. The molecule has 4 atom stereocenters. The Bertz CT molecular complexity index is 1280. The third kappa shape index (κ3) is 5.55.